The lowest BCUT2D eigenvalue weighted by Gasteiger charge is -2.20. The van der Waals surface area contributed by atoms with Crippen LogP contribution in [0.2, 0.25) is 0 Å². The van der Waals surface area contributed by atoms with Gasteiger partial charge in [0.05, 0.1) is 11.6 Å². The quantitative estimate of drug-likeness (QED) is 0.838. The number of aromatic nitrogens is 1. The fraction of sp³-hybridized carbons (Fsp3) is 0.333. The number of ketones is 1. The van der Waals surface area contributed by atoms with Crippen molar-refractivity contribution in [1.82, 2.24) is 4.98 Å². The molecule has 4 nitrogen and oxygen atoms in total. The Hall–Kier alpha value is -2.12. The number of ether oxygens (including phenoxy) is 1. The molecule has 1 unspecified atom stereocenters. The summed E-state index contributed by atoms with van der Waals surface area (Å²) in [5.74, 6) is 0.0376. The number of nitriles is 1. The van der Waals surface area contributed by atoms with E-state index < -0.39 is 0 Å². The minimum absolute atomic E-state index is 0.0376. The van der Waals surface area contributed by atoms with Gasteiger partial charge in [-0.2, -0.15) is 5.26 Å². The van der Waals surface area contributed by atoms with Gasteiger partial charge in [0.1, 0.15) is 6.10 Å². The number of Topliss-reactive ketones (excluding diaryl/α,β-unsaturated/α-hetero) is 1. The van der Waals surface area contributed by atoms with E-state index in [1.807, 2.05) is 6.07 Å². The van der Waals surface area contributed by atoms with Crippen LogP contribution in [-0.2, 0) is 4.74 Å². The highest BCUT2D eigenvalue weighted by molar-refractivity contribution is 6.10. The van der Waals surface area contributed by atoms with Crippen LogP contribution in [0.15, 0.2) is 24.4 Å². The van der Waals surface area contributed by atoms with Crippen LogP contribution in [0.25, 0.3) is 10.9 Å². The Kier molecular flexibility index (Phi) is 3.06. The molecule has 0 amide bonds. The van der Waals surface area contributed by atoms with Gasteiger partial charge >= 0.3 is 0 Å². The summed E-state index contributed by atoms with van der Waals surface area (Å²) in [6.07, 6.45) is 4.26. The first-order chi connectivity index (χ1) is 9.29. The summed E-state index contributed by atoms with van der Waals surface area (Å²) in [5.41, 5.74) is 2.06. The number of nitrogens with one attached hydrogen (secondary N) is 1. The third-order valence-electron chi connectivity index (χ3n) is 3.55. The predicted molar refractivity (Wildman–Crippen MR) is 70.9 cm³/mol. The van der Waals surface area contributed by atoms with Gasteiger partial charge in [-0.1, -0.05) is 6.07 Å². The molecule has 96 valence electrons. The standard InChI is InChI=1S/C15H14N2O2/c16-8-10-4-5-11-12(9-17-13(11)7-10)15(18)14-3-1-2-6-19-14/h4-5,7,9,14,17H,1-3,6H2. The maximum Gasteiger partial charge on any atom is 0.193 e. The molecule has 1 aromatic heterocycles. The van der Waals surface area contributed by atoms with Crippen LogP contribution in [0.4, 0.5) is 0 Å². The molecule has 0 radical (unpaired) electrons. The second kappa shape index (κ2) is 4.87. The van der Waals surface area contributed by atoms with E-state index in [0.29, 0.717) is 17.7 Å². The maximum atomic E-state index is 12.4. The van der Waals surface area contributed by atoms with Crippen molar-refractivity contribution in [2.45, 2.75) is 25.4 Å². The zero-order valence-corrected chi connectivity index (χ0v) is 10.5. The Labute approximate surface area is 111 Å². The predicted octanol–water partition coefficient (Wildman–Crippen LogP) is 2.79. The summed E-state index contributed by atoms with van der Waals surface area (Å²) < 4.78 is 5.54. The summed E-state index contributed by atoms with van der Waals surface area (Å²) in [7, 11) is 0. The zero-order chi connectivity index (χ0) is 13.2. The first-order valence-electron chi connectivity index (χ1n) is 6.46. The molecule has 0 spiro atoms. The molecule has 0 bridgehead atoms. The van der Waals surface area contributed by atoms with Gasteiger partial charge in [0.15, 0.2) is 5.78 Å². The summed E-state index contributed by atoms with van der Waals surface area (Å²) in [5, 5.41) is 9.73. The van der Waals surface area contributed by atoms with Crippen molar-refractivity contribution in [3.8, 4) is 6.07 Å². The molecule has 1 fully saturated rings. The van der Waals surface area contributed by atoms with Crippen molar-refractivity contribution in [3.05, 3.63) is 35.5 Å². The van der Waals surface area contributed by atoms with E-state index in [4.69, 9.17) is 10.00 Å². The molecule has 0 aliphatic carbocycles. The number of hydrogen-bond donors (Lipinski definition) is 1. The summed E-state index contributed by atoms with van der Waals surface area (Å²) in [6.45, 7) is 0.664. The molecule has 1 aliphatic rings. The number of hydrogen-bond acceptors (Lipinski definition) is 3. The smallest absolute Gasteiger partial charge is 0.193 e. The maximum absolute atomic E-state index is 12.4. The van der Waals surface area contributed by atoms with Gasteiger partial charge in [-0.15, -0.1) is 0 Å². The molecular formula is C15H14N2O2. The molecule has 3 rings (SSSR count). The summed E-state index contributed by atoms with van der Waals surface area (Å²) >= 11 is 0. The van der Waals surface area contributed by atoms with E-state index >= 15 is 0 Å². The highest BCUT2D eigenvalue weighted by Crippen LogP contribution is 2.24. The van der Waals surface area contributed by atoms with Crippen LogP contribution in [0.5, 0.6) is 0 Å². The number of benzene rings is 1. The SMILES string of the molecule is N#Cc1ccc2c(C(=O)C3CCCCO3)c[nH]c2c1. The lowest BCUT2D eigenvalue weighted by molar-refractivity contribution is 0.0188. The second-order valence-electron chi connectivity index (χ2n) is 4.79. The molecular weight excluding hydrogens is 240 g/mol. The van der Waals surface area contributed by atoms with E-state index in [1.54, 1.807) is 18.3 Å². The topological polar surface area (TPSA) is 65.9 Å². The normalized spacial score (nSPS) is 19.2. The first kappa shape index (κ1) is 11.9. The highest BCUT2D eigenvalue weighted by Gasteiger charge is 2.25. The largest absolute Gasteiger partial charge is 0.370 e. The molecule has 2 aromatic rings. The number of carbonyl (C=O) groups is 1. The van der Waals surface area contributed by atoms with Crippen molar-refractivity contribution in [2.24, 2.45) is 0 Å². The Morgan fingerprint density at radius 1 is 1.42 bits per heavy atom. The van der Waals surface area contributed by atoms with Gasteiger partial charge in [-0.25, -0.2) is 0 Å². The van der Waals surface area contributed by atoms with Gasteiger partial charge in [-0.05, 0) is 31.4 Å². The number of fused-ring (bicyclic) bond motifs is 1. The highest BCUT2D eigenvalue weighted by atomic mass is 16.5. The number of aromatic amines is 1. The number of rotatable bonds is 2. The van der Waals surface area contributed by atoms with Gasteiger partial charge in [0, 0.05) is 29.3 Å². The van der Waals surface area contributed by atoms with Gasteiger partial charge in [0.25, 0.3) is 0 Å². The second-order valence-corrected chi connectivity index (χ2v) is 4.79. The number of carbonyl (C=O) groups excluding carboxylic acids is 1. The molecule has 0 saturated carbocycles. The molecule has 1 atom stereocenters. The molecule has 1 aromatic carbocycles. The lowest BCUT2D eigenvalue weighted by atomic mass is 9.99. The molecule has 4 heteroatoms. The first-order valence-corrected chi connectivity index (χ1v) is 6.46. The minimum atomic E-state index is -0.316. The molecule has 1 N–H and O–H groups in total. The van der Waals surface area contributed by atoms with E-state index in [9.17, 15) is 4.79 Å². The number of H-pyrrole nitrogens is 1. The summed E-state index contributed by atoms with van der Waals surface area (Å²) in [4.78, 5) is 15.5. The van der Waals surface area contributed by atoms with Crippen LogP contribution >= 0.6 is 0 Å². The molecule has 2 heterocycles. The van der Waals surface area contributed by atoms with E-state index in [-0.39, 0.29) is 11.9 Å². The van der Waals surface area contributed by atoms with E-state index in [0.717, 1.165) is 30.2 Å². The number of nitrogens with zero attached hydrogens (tertiary/aromatic N) is 1. The van der Waals surface area contributed by atoms with Crippen molar-refractivity contribution in [1.29, 1.82) is 5.26 Å². The van der Waals surface area contributed by atoms with Crippen molar-refractivity contribution >= 4 is 16.7 Å². The zero-order valence-electron chi connectivity index (χ0n) is 10.5. The molecule has 1 saturated heterocycles. The van der Waals surface area contributed by atoms with Crippen molar-refractivity contribution in [3.63, 3.8) is 0 Å². The Morgan fingerprint density at radius 3 is 3.05 bits per heavy atom. The van der Waals surface area contributed by atoms with Gasteiger partial charge in [0.2, 0.25) is 0 Å². The van der Waals surface area contributed by atoms with Gasteiger partial charge < -0.3 is 9.72 Å². The average Bonchev–Trinajstić information content (AvgIpc) is 2.90. The minimum Gasteiger partial charge on any atom is -0.370 e. The Bertz CT molecular complexity index is 660. The third kappa shape index (κ3) is 2.13. The van der Waals surface area contributed by atoms with Crippen molar-refractivity contribution < 1.29 is 9.53 Å². The van der Waals surface area contributed by atoms with E-state index in [1.165, 1.54) is 0 Å². The van der Waals surface area contributed by atoms with Crippen LogP contribution in [0.3, 0.4) is 0 Å². The van der Waals surface area contributed by atoms with Gasteiger partial charge in [-0.3, -0.25) is 4.79 Å². The van der Waals surface area contributed by atoms with Crippen LogP contribution in [-0.4, -0.2) is 23.5 Å². The van der Waals surface area contributed by atoms with Crippen LogP contribution in [0, 0.1) is 11.3 Å². The van der Waals surface area contributed by atoms with Crippen LogP contribution < -0.4 is 0 Å². The average molecular weight is 254 g/mol. The Balaban J connectivity index is 1.96. The van der Waals surface area contributed by atoms with Crippen molar-refractivity contribution in [2.75, 3.05) is 6.61 Å². The van der Waals surface area contributed by atoms with Crippen LogP contribution in [0.1, 0.15) is 35.2 Å². The van der Waals surface area contributed by atoms with E-state index in [2.05, 4.69) is 11.1 Å². The summed E-state index contributed by atoms with van der Waals surface area (Å²) in [6, 6.07) is 7.40. The fourth-order valence-electron chi connectivity index (χ4n) is 2.52. The lowest BCUT2D eigenvalue weighted by Crippen LogP contribution is -2.28. The monoisotopic (exact) mass is 254 g/mol. The molecule has 1 aliphatic heterocycles. The fourth-order valence-corrected chi connectivity index (χ4v) is 2.52. The molecule has 19 heavy (non-hydrogen) atoms. The third-order valence-corrected chi connectivity index (χ3v) is 3.55. The Morgan fingerprint density at radius 2 is 2.32 bits per heavy atom.